The maximum absolute atomic E-state index is 3.20. The molecular formula is C16H27NS. The average Bonchev–Trinajstić information content (AvgIpc) is 2.39. The summed E-state index contributed by atoms with van der Waals surface area (Å²) in [5.41, 5.74) is 1.38. The Balaban J connectivity index is 2.13. The highest BCUT2D eigenvalue weighted by Crippen LogP contribution is 2.21. The maximum atomic E-state index is 3.20. The molecule has 1 aromatic rings. The topological polar surface area (TPSA) is 12.0 Å². The third-order valence-corrected chi connectivity index (χ3v) is 4.13. The highest BCUT2D eigenvalue weighted by atomic mass is 32.2. The van der Waals surface area contributed by atoms with Crippen LogP contribution in [0.2, 0.25) is 0 Å². The molecule has 0 aliphatic carbocycles. The molecule has 18 heavy (non-hydrogen) atoms. The average molecular weight is 265 g/mol. The molecule has 0 aliphatic heterocycles. The van der Waals surface area contributed by atoms with Gasteiger partial charge in [-0.1, -0.05) is 51.2 Å². The molecule has 0 unspecified atom stereocenters. The van der Waals surface area contributed by atoms with Crippen LogP contribution in [-0.2, 0) is 6.54 Å². The van der Waals surface area contributed by atoms with E-state index >= 15 is 0 Å². The Morgan fingerprint density at radius 2 is 1.83 bits per heavy atom. The van der Waals surface area contributed by atoms with Gasteiger partial charge in [0.1, 0.15) is 0 Å². The number of unbranched alkanes of at least 4 members (excludes halogenated alkanes) is 5. The second kappa shape index (κ2) is 10.5. The van der Waals surface area contributed by atoms with Crippen LogP contribution in [-0.4, -0.2) is 12.8 Å². The molecule has 0 aliphatic rings. The largest absolute Gasteiger partial charge is 0.316 e. The highest BCUT2D eigenvalue weighted by molar-refractivity contribution is 7.99. The molecular weight excluding hydrogens is 238 g/mol. The quantitative estimate of drug-likeness (QED) is 0.479. The van der Waals surface area contributed by atoms with Crippen LogP contribution < -0.4 is 5.32 Å². The van der Waals surface area contributed by atoms with Crippen LogP contribution in [0, 0.1) is 0 Å². The first kappa shape index (κ1) is 15.6. The number of benzene rings is 1. The molecule has 0 amide bonds. The van der Waals surface area contributed by atoms with Crippen molar-refractivity contribution in [2.45, 2.75) is 56.9 Å². The van der Waals surface area contributed by atoms with E-state index < -0.39 is 0 Å². The fourth-order valence-electron chi connectivity index (χ4n) is 2.02. The second-order valence-electron chi connectivity index (χ2n) is 4.79. The van der Waals surface area contributed by atoms with Gasteiger partial charge in [0.15, 0.2) is 0 Å². The lowest BCUT2D eigenvalue weighted by atomic mass is 10.1. The molecule has 102 valence electrons. The lowest BCUT2D eigenvalue weighted by Gasteiger charge is -2.05. The van der Waals surface area contributed by atoms with Gasteiger partial charge in [-0.05, 0) is 36.9 Å². The lowest BCUT2D eigenvalue weighted by molar-refractivity contribution is 0.627. The smallest absolute Gasteiger partial charge is 0.0202 e. The van der Waals surface area contributed by atoms with E-state index in [4.69, 9.17) is 0 Å². The van der Waals surface area contributed by atoms with Crippen molar-refractivity contribution in [2.75, 3.05) is 12.8 Å². The van der Waals surface area contributed by atoms with Gasteiger partial charge >= 0.3 is 0 Å². The van der Waals surface area contributed by atoms with Crippen molar-refractivity contribution in [3.63, 3.8) is 0 Å². The first-order valence-electron chi connectivity index (χ1n) is 7.23. The first-order valence-corrected chi connectivity index (χ1v) is 8.21. The van der Waals surface area contributed by atoms with Crippen molar-refractivity contribution in [1.29, 1.82) is 0 Å². The summed E-state index contributed by atoms with van der Waals surface area (Å²) in [5.74, 6) is 1.26. The number of nitrogens with one attached hydrogen (secondary N) is 1. The zero-order chi connectivity index (χ0) is 13.1. The van der Waals surface area contributed by atoms with E-state index in [2.05, 4.69) is 36.5 Å². The summed E-state index contributed by atoms with van der Waals surface area (Å²) in [6.07, 6.45) is 8.31. The van der Waals surface area contributed by atoms with Gasteiger partial charge in [-0.15, -0.1) is 11.8 Å². The van der Waals surface area contributed by atoms with Crippen molar-refractivity contribution in [1.82, 2.24) is 5.32 Å². The molecule has 1 aromatic carbocycles. The Hall–Kier alpha value is -0.470. The zero-order valence-corrected chi connectivity index (χ0v) is 12.7. The van der Waals surface area contributed by atoms with Crippen molar-refractivity contribution < 1.29 is 0 Å². The van der Waals surface area contributed by atoms with Gasteiger partial charge in [-0.2, -0.15) is 0 Å². The number of hydrogen-bond acceptors (Lipinski definition) is 2. The SMILES string of the molecule is CCCCCCCCSc1cccc(CNC)c1. The van der Waals surface area contributed by atoms with Crippen LogP contribution in [0.1, 0.15) is 51.0 Å². The van der Waals surface area contributed by atoms with Crippen molar-refractivity contribution in [2.24, 2.45) is 0 Å². The van der Waals surface area contributed by atoms with Crippen LogP contribution in [0.15, 0.2) is 29.2 Å². The maximum Gasteiger partial charge on any atom is 0.0202 e. The Morgan fingerprint density at radius 1 is 1.06 bits per heavy atom. The Labute approximate surface area is 117 Å². The summed E-state index contributed by atoms with van der Waals surface area (Å²) in [6, 6.07) is 8.88. The summed E-state index contributed by atoms with van der Waals surface area (Å²) < 4.78 is 0. The van der Waals surface area contributed by atoms with E-state index in [-0.39, 0.29) is 0 Å². The molecule has 0 saturated carbocycles. The van der Waals surface area contributed by atoms with Gasteiger partial charge in [0.2, 0.25) is 0 Å². The number of hydrogen-bond donors (Lipinski definition) is 1. The third kappa shape index (κ3) is 7.07. The molecule has 0 aromatic heterocycles. The molecule has 1 rings (SSSR count). The fourth-order valence-corrected chi connectivity index (χ4v) is 3.02. The van der Waals surface area contributed by atoms with E-state index in [1.54, 1.807) is 0 Å². The van der Waals surface area contributed by atoms with Crippen LogP contribution in [0.5, 0.6) is 0 Å². The molecule has 0 saturated heterocycles. The molecule has 0 bridgehead atoms. The third-order valence-electron chi connectivity index (χ3n) is 3.05. The van der Waals surface area contributed by atoms with Gasteiger partial charge in [0.25, 0.3) is 0 Å². The van der Waals surface area contributed by atoms with Gasteiger partial charge in [-0.3, -0.25) is 0 Å². The molecule has 2 heteroatoms. The standard InChI is InChI=1S/C16H27NS/c1-3-4-5-6-7-8-12-18-16-11-9-10-15(13-16)14-17-2/h9-11,13,17H,3-8,12,14H2,1-2H3. The Kier molecular flexibility index (Phi) is 9.05. The molecule has 0 heterocycles. The van der Waals surface area contributed by atoms with Crippen LogP contribution >= 0.6 is 11.8 Å². The monoisotopic (exact) mass is 265 g/mol. The summed E-state index contributed by atoms with van der Waals surface area (Å²) in [7, 11) is 2.00. The zero-order valence-electron chi connectivity index (χ0n) is 11.9. The molecule has 0 radical (unpaired) electrons. The summed E-state index contributed by atoms with van der Waals surface area (Å²) >= 11 is 2.00. The summed E-state index contributed by atoms with van der Waals surface area (Å²) in [4.78, 5) is 1.41. The normalized spacial score (nSPS) is 10.8. The predicted octanol–water partition coefficient (Wildman–Crippen LogP) is 4.86. The van der Waals surface area contributed by atoms with Gasteiger partial charge < -0.3 is 5.32 Å². The molecule has 0 spiro atoms. The molecule has 1 nitrogen and oxygen atoms in total. The second-order valence-corrected chi connectivity index (χ2v) is 5.96. The Bertz CT molecular complexity index is 312. The summed E-state index contributed by atoms with van der Waals surface area (Å²) in [6.45, 7) is 3.24. The predicted molar refractivity (Wildman–Crippen MR) is 83.3 cm³/mol. The van der Waals surface area contributed by atoms with Crippen molar-refractivity contribution in [3.8, 4) is 0 Å². The minimum absolute atomic E-state index is 0.964. The number of thioether (sulfide) groups is 1. The minimum Gasteiger partial charge on any atom is -0.316 e. The van der Waals surface area contributed by atoms with Crippen LogP contribution in [0.25, 0.3) is 0 Å². The van der Waals surface area contributed by atoms with E-state index in [1.807, 2.05) is 18.8 Å². The minimum atomic E-state index is 0.964. The highest BCUT2D eigenvalue weighted by Gasteiger charge is 1.97. The molecule has 0 fully saturated rings. The van der Waals surface area contributed by atoms with E-state index in [0.29, 0.717) is 0 Å². The summed E-state index contributed by atoms with van der Waals surface area (Å²) in [5, 5.41) is 3.20. The van der Waals surface area contributed by atoms with Crippen LogP contribution in [0.3, 0.4) is 0 Å². The van der Waals surface area contributed by atoms with Gasteiger partial charge in [-0.25, -0.2) is 0 Å². The van der Waals surface area contributed by atoms with E-state index in [9.17, 15) is 0 Å². The molecule has 0 atom stereocenters. The lowest BCUT2D eigenvalue weighted by Crippen LogP contribution is -2.04. The van der Waals surface area contributed by atoms with Gasteiger partial charge in [0.05, 0.1) is 0 Å². The van der Waals surface area contributed by atoms with Crippen molar-refractivity contribution in [3.05, 3.63) is 29.8 Å². The number of rotatable bonds is 10. The van der Waals surface area contributed by atoms with Crippen LogP contribution in [0.4, 0.5) is 0 Å². The fraction of sp³-hybridized carbons (Fsp3) is 0.625. The van der Waals surface area contributed by atoms with Gasteiger partial charge in [0, 0.05) is 11.4 Å². The van der Waals surface area contributed by atoms with Crippen molar-refractivity contribution >= 4 is 11.8 Å². The first-order chi connectivity index (χ1) is 8.86. The van der Waals surface area contributed by atoms with E-state index in [1.165, 1.54) is 54.7 Å². The molecule has 1 N–H and O–H groups in total. The Morgan fingerprint density at radius 3 is 2.61 bits per heavy atom. The van der Waals surface area contributed by atoms with E-state index in [0.717, 1.165) is 6.54 Å².